The summed E-state index contributed by atoms with van der Waals surface area (Å²) in [4.78, 5) is 26.0. The van der Waals surface area contributed by atoms with Gasteiger partial charge in [0.2, 0.25) is 0 Å². The van der Waals surface area contributed by atoms with Crippen molar-refractivity contribution in [3.8, 4) is 11.1 Å². The van der Waals surface area contributed by atoms with Crippen LogP contribution in [0.1, 0.15) is 38.2 Å². The minimum Gasteiger partial charge on any atom is -0.466 e. The van der Waals surface area contributed by atoms with E-state index in [1.54, 1.807) is 0 Å². The fourth-order valence-corrected chi connectivity index (χ4v) is 4.66. The first-order valence-electron chi connectivity index (χ1n) is 10.5. The second-order valence-electron chi connectivity index (χ2n) is 8.92. The first-order chi connectivity index (χ1) is 14.8. The summed E-state index contributed by atoms with van der Waals surface area (Å²) >= 11 is 0. The third-order valence-corrected chi connectivity index (χ3v) is 6.04. The van der Waals surface area contributed by atoms with E-state index in [1.165, 1.54) is 7.11 Å². The molecule has 2 aromatic rings. The van der Waals surface area contributed by atoms with E-state index in [0.29, 0.717) is 29.7 Å². The molecule has 1 aliphatic carbocycles. The van der Waals surface area contributed by atoms with Gasteiger partial charge in [0.15, 0.2) is 5.78 Å². The fourth-order valence-electron chi connectivity index (χ4n) is 4.66. The number of ketones is 1. The van der Waals surface area contributed by atoms with Crippen molar-refractivity contribution in [1.29, 1.82) is 0 Å². The van der Waals surface area contributed by atoms with Crippen LogP contribution in [0.4, 0.5) is 0 Å². The van der Waals surface area contributed by atoms with E-state index in [9.17, 15) is 14.7 Å². The van der Waals surface area contributed by atoms with Crippen LogP contribution in [0, 0.1) is 5.41 Å². The summed E-state index contributed by atoms with van der Waals surface area (Å²) < 4.78 is 5.04. The van der Waals surface area contributed by atoms with Gasteiger partial charge in [-0.05, 0) is 28.5 Å². The minimum atomic E-state index is -0.570. The quantitative estimate of drug-likeness (QED) is 0.733. The largest absolute Gasteiger partial charge is 0.466 e. The normalized spacial score (nSPS) is 20.3. The Morgan fingerprint density at radius 1 is 1.06 bits per heavy atom. The Hall–Kier alpha value is -3.18. The molecule has 5 heteroatoms. The number of dihydropyridines is 1. The first kappa shape index (κ1) is 21.1. The van der Waals surface area contributed by atoms with E-state index in [-0.39, 0.29) is 17.8 Å². The summed E-state index contributed by atoms with van der Waals surface area (Å²) in [5, 5.41) is 13.2. The minimum absolute atomic E-state index is 0.0225. The van der Waals surface area contributed by atoms with Crippen LogP contribution in [-0.2, 0) is 14.3 Å². The van der Waals surface area contributed by atoms with Crippen LogP contribution >= 0.6 is 0 Å². The number of methoxy groups -OCH3 is 1. The van der Waals surface area contributed by atoms with Gasteiger partial charge in [0.1, 0.15) is 0 Å². The zero-order valence-corrected chi connectivity index (χ0v) is 18.1. The van der Waals surface area contributed by atoms with Crippen molar-refractivity contribution in [2.75, 3.05) is 13.7 Å². The first-order valence-corrected chi connectivity index (χ1v) is 10.5. The monoisotopic (exact) mass is 417 g/mol. The van der Waals surface area contributed by atoms with Crippen molar-refractivity contribution in [3.63, 3.8) is 0 Å². The Kier molecular flexibility index (Phi) is 5.54. The number of hydrogen-bond donors (Lipinski definition) is 2. The molecule has 1 aliphatic heterocycles. The average molecular weight is 418 g/mol. The van der Waals surface area contributed by atoms with Crippen LogP contribution in [0.15, 0.2) is 77.1 Å². The standard InChI is InChI=1S/C26H27NO4/c1-26(2)13-19-23(21(29)14-26)22(24(25(30)31-3)20(15-28)27-19)18-11-9-17(10-12-18)16-7-5-4-6-8-16/h4-12,22,27-28H,13-15H2,1-3H3. The maximum atomic E-state index is 13.2. The topological polar surface area (TPSA) is 75.6 Å². The summed E-state index contributed by atoms with van der Waals surface area (Å²) in [5.41, 5.74) is 4.86. The molecule has 1 unspecified atom stereocenters. The third kappa shape index (κ3) is 3.93. The van der Waals surface area contributed by atoms with Gasteiger partial charge in [0.05, 0.1) is 25.0 Å². The Labute approximate surface area is 182 Å². The molecule has 1 atom stereocenters. The van der Waals surface area contributed by atoms with Gasteiger partial charge in [-0.2, -0.15) is 0 Å². The highest BCUT2D eigenvalue weighted by Crippen LogP contribution is 2.46. The van der Waals surface area contributed by atoms with Crippen LogP contribution in [0.2, 0.25) is 0 Å². The molecule has 0 aromatic heterocycles. The molecule has 0 radical (unpaired) electrons. The molecule has 160 valence electrons. The van der Waals surface area contributed by atoms with Crippen molar-refractivity contribution in [3.05, 3.63) is 82.7 Å². The predicted octanol–water partition coefficient (Wildman–Crippen LogP) is 4.10. The van der Waals surface area contributed by atoms with Gasteiger partial charge < -0.3 is 15.2 Å². The second kappa shape index (κ2) is 8.16. The number of allylic oxidation sites excluding steroid dienone is 2. The van der Waals surface area contributed by atoms with Crippen molar-refractivity contribution >= 4 is 11.8 Å². The number of rotatable bonds is 4. The maximum absolute atomic E-state index is 13.2. The van der Waals surface area contributed by atoms with Crippen LogP contribution in [0.5, 0.6) is 0 Å². The molecule has 2 N–H and O–H groups in total. The summed E-state index contributed by atoms with van der Waals surface area (Å²) in [6.07, 6.45) is 1.08. The van der Waals surface area contributed by atoms with Crippen LogP contribution in [-0.4, -0.2) is 30.6 Å². The predicted molar refractivity (Wildman–Crippen MR) is 119 cm³/mol. The maximum Gasteiger partial charge on any atom is 0.336 e. The number of carbonyl (C=O) groups is 2. The van der Waals surface area contributed by atoms with E-state index >= 15 is 0 Å². The highest BCUT2D eigenvalue weighted by Gasteiger charge is 2.43. The van der Waals surface area contributed by atoms with E-state index in [4.69, 9.17) is 4.74 Å². The smallest absolute Gasteiger partial charge is 0.336 e. The van der Waals surface area contributed by atoms with Crippen molar-refractivity contribution in [1.82, 2.24) is 5.32 Å². The number of benzene rings is 2. The molecule has 1 heterocycles. The molecule has 0 amide bonds. The molecule has 31 heavy (non-hydrogen) atoms. The molecule has 0 fully saturated rings. The van der Waals surface area contributed by atoms with Gasteiger partial charge in [-0.15, -0.1) is 0 Å². The number of aliphatic hydroxyl groups excluding tert-OH is 1. The molecule has 2 aliphatic rings. The van der Waals surface area contributed by atoms with Crippen molar-refractivity contribution in [2.45, 2.75) is 32.6 Å². The number of hydrogen-bond acceptors (Lipinski definition) is 5. The molecule has 4 rings (SSSR count). The van der Waals surface area contributed by atoms with Crippen LogP contribution in [0.3, 0.4) is 0 Å². The van der Waals surface area contributed by atoms with Gasteiger partial charge >= 0.3 is 5.97 Å². The van der Waals surface area contributed by atoms with E-state index in [2.05, 4.69) is 19.2 Å². The molecular formula is C26H27NO4. The number of Topliss-reactive ketones (excluding diaryl/α,β-unsaturated/α-hetero) is 1. The van der Waals surface area contributed by atoms with Gasteiger partial charge in [0.25, 0.3) is 0 Å². The average Bonchev–Trinajstić information content (AvgIpc) is 2.77. The highest BCUT2D eigenvalue weighted by atomic mass is 16.5. The molecular weight excluding hydrogens is 390 g/mol. The highest BCUT2D eigenvalue weighted by molar-refractivity contribution is 6.04. The number of aliphatic hydroxyl groups is 1. The zero-order chi connectivity index (χ0) is 22.2. The summed E-state index contributed by atoms with van der Waals surface area (Å²) in [6, 6.07) is 17.9. The molecule has 5 nitrogen and oxygen atoms in total. The lowest BCUT2D eigenvalue weighted by molar-refractivity contribution is -0.136. The Morgan fingerprint density at radius 3 is 2.32 bits per heavy atom. The SMILES string of the molecule is COC(=O)C1=C(CO)NC2=C(C(=O)CC(C)(C)C2)C1c1ccc(-c2ccccc2)cc1. The van der Waals surface area contributed by atoms with Gasteiger partial charge in [-0.3, -0.25) is 4.79 Å². The van der Waals surface area contributed by atoms with E-state index in [1.807, 2.05) is 54.6 Å². The van der Waals surface area contributed by atoms with Crippen molar-refractivity contribution < 1.29 is 19.4 Å². The summed E-state index contributed by atoms with van der Waals surface area (Å²) in [7, 11) is 1.32. The second-order valence-corrected chi connectivity index (χ2v) is 8.92. The van der Waals surface area contributed by atoms with E-state index < -0.39 is 11.9 Å². The zero-order valence-electron chi connectivity index (χ0n) is 18.1. The summed E-state index contributed by atoms with van der Waals surface area (Å²) in [6.45, 7) is 3.77. The lowest BCUT2D eigenvalue weighted by Gasteiger charge is -2.39. The number of nitrogens with one attached hydrogen (secondary N) is 1. The van der Waals surface area contributed by atoms with Crippen LogP contribution < -0.4 is 5.32 Å². The van der Waals surface area contributed by atoms with Gasteiger partial charge in [-0.25, -0.2) is 4.79 Å². The Balaban J connectivity index is 1.85. The number of esters is 1. The molecule has 0 bridgehead atoms. The molecule has 0 saturated carbocycles. The lowest BCUT2D eigenvalue weighted by Crippen LogP contribution is -2.39. The van der Waals surface area contributed by atoms with Crippen molar-refractivity contribution in [2.24, 2.45) is 5.41 Å². The van der Waals surface area contributed by atoms with Crippen LogP contribution in [0.25, 0.3) is 11.1 Å². The Morgan fingerprint density at radius 2 is 1.71 bits per heavy atom. The molecule has 0 spiro atoms. The van der Waals surface area contributed by atoms with E-state index in [0.717, 1.165) is 22.4 Å². The number of carbonyl (C=O) groups excluding carboxylic acids is 2. The lowest BCUT2D eigenvalue weighted by atomic mass is 9.68. The summed E-state index contributed by atoms with van der Waals surface area (Å²) in [5.74, 6) is -1.09. The molecule has 0 saturated heterocycles. The Bertz CT molecular complexity index is 1080. The van der Waals surface area contributed by atoms with Gasteiger partial charge in [-0.1, -0.05) is 68.4 Å². The fraction of sp³-hybridized carbons (Fsp3) is 0.308. The molecule has 2 aromatic carbocycles. The number of ether oxygens (including phenoxy) is 1. The third-order valence-electron chi connectivity index (χ3n) is 6.04. The van der Waals surface area contributed by atoms with Gasteiger partial charge in [0, 0.05) is 23.6 Å².